The molecule has 0 aliphatic carbocycles. The van der Waals surface area contributed by atoms with Crippen LogP contribution in [0.1, 0.15) is 50.7 Å². The summed E-state index contributed by atoms with van der Waals surface area (Å²) in [6.07, 6.45) is 8.10. The van der Waals surface area contributed by atoms with Crippen LogP contribution in [0.2, 0.25) is 0 Å². The Morgan fingerprint density at radius 2 is 2.18 bits per heavy atom. The second-order valence-corrected chi connectivity index (χ2v) is 5.04. The highest BCUT2D eigenvalue weighted by atomic mass is 16.3. The van der Waals surface area contributed by atoms with Crippen molar-refractivity contribution >= 4 is 0 Å². The van der Waals surface area contributed by atoms with Crippen LogP contribution in [0.3, 0.4) is 0 Å². The lowest BCUT2D eigenvalue weighted by Gasteiger charge is -2.22. The Bertz CT molecular complexity index is 348. The molecule has 1 unspecified atom stereocenters. The number of fused-ring (bicyclic) bond motifs is 1. The van der Waals surface area contributed by atoms with Crippen molar-refractivity contribution in [2.75, 3.05) is 6.61 Å². The summed E-state index contributed by atoms with van der Waals surface area (Å²) in [5.41, 5.74) is 0. The molecule has 0 aromatic carbocycles. The van der Waals surface area contributed by atoms with E-state index in [1.807, 2.05) is 0 Å². The van der Waals surface area contributed by atoms with Crippen LogP contribution in [0.4, 0.5) is 0 Å². The van der Waals surface area contributed by atoms with E-state index in [0.29, 0.717) is 5.92 Å². The van der Waals surface area contributed by atoms with Gasteiger partial charge in [0, 0.05) is 31.9 Å². The molecule has 96 valence electrons. The monoisotopic (exact) mass is 237 g/mol. The van der Waals surface area contributed by atoms with Gasteiger partial charge in [0.15, 0.2) is 0 Å². The smallest absolute Gasteiger partial charge is 0.133 e. The molecule has 2 rings (SSSR count). The molecule has 0 bridgehead atoms. The molecule has 0 spiro atoms. The van der Waals surface area contributed by atoms with Crippen molar-refractivity contribution in [3.63, 3.8) is 0 Å². The largest absolute Gasteiger partial charge is 0.396 e. The van der Waals surface area contributed by atoms with E-state index in [4.69, 9.17) is 0 Å². The highest BCUT2D eigenvalue weighted by Crippen LogP contribution is 2.20. The van der Waals surface area contributed by atoms with Crippen LogP contribution in [0.15, 0.2) is 0 Å². The predicted octanol–water partition coefficient (Wildman–Crippen LogP) is 1.96. The SMILES string of the molecule is CCCCCCc1nnc2n1CC(CO)CC2. The molecule has 1 aromatic rings. The molecule has 0 amide bonds. The van der Waals surface area contributed by atoms with Gasteiger partial charge in [-0.3, -0.25) is 0 Å². The van der Waals surface area contributed by atoms with Gasteiger partial charge in [0.25, 0.3) is 0 Å². The first-order chi connectivity index (χ1) is 8.35. The van der Waals surface area contributed by atoms with E-state index in [2.05, 4.69) is 21.7 Å². The number of hydrogen-bond acceptors (Lipinski definition) is 3. The van der Waals surface area contributed by atoms with Gasteiger partial charge < -0.3 is 9.67 Å². The number of rotatable bonds is 6. The van der Waals surface area contributed by atoms with Gasteiger partial charge >= 0.3 is 0 Å². The van der Waals surface area contributed by atoms with Crippen LogP contribution in [0.25, 0.3) is 0 Å². The number of aliphatic hydroxyl groups is 1. The topological polar surface area (TPSA) is 50.9 Å². The summed E-state index contributed by atoms with van der Waals surface area (Å²) in [5.74, 6) is 2.63. The Hall–Kier alpha value is -0.900. The Kier molecular flexibility index (Phi) is 4.54. The highest BCUT2D eigenvalue weighted by molar-refractivity contribution is 5.00. The van der Waals surface area contributed by atoms with Gasteiger partial charge in [0.1, 0.15) is 11.6 Å². The van der Waals surface area contributed by atoms with Crippen molar-refractivity contribution in [1.82, 2.24) is 14.8 Å². The molecular weight excluding hydrogens is 214 g/mol. The first kappa shape index (κ1) is 12.6. The van der Waals surface area contributed by atoms with Crippen LogP contribution in [-0.4, -0.2) is 26.5 Å². The summed E-state index contributed by atoms with van der Waals surface area (Å²) in [5, 5.41) is 17.8. The molecular formula is C13H23N3O. The lowest BCUT2D eigenvalue weighted by Crippen LogP contribution is -2.24. The molecule has 1 aliphatic heterocycles. The Morgan fingerprint density at radius 3 is 2.94 bits per heavy atom. The van der Waals surface area contributed by atoms with Gasteiger partial charge in [-0.2, -0.15) is 0 Å². The zero-order chi connectivity index (χ0) is 12.1. The van der Waals surface area contributed by atoms with Crippen molar-refractivity contribution in [2.24, 2.45) is 5.92 Å². The van der Waals surface area contributed by atoms with Crippen molar-refractivity contribution in [3.05, 3.63) is 11.6 Å². The summed E-state index contributed by atoms with van der Waals surface area (Å²) in [6, 6.07) is 0. The van der Waals surface area contributed by atoms with E-state index < -0.39 is 0 Å². The van der Waals surface area contributed by atoms with E-state index >= 15 is 0 Å². The van der Waals surface area contributed by atoms with Gasteiger partial charge in [-0.15, -0.1) is 10.2 Å². The third kappa shape index (κ3) is 3.06. The van der Waals surface area contributed by atoms with Crippen molar-refractivity contribution in [3.8, 4) is 0 Å². The van der Waals surface area contributed by atoms with Gasteiger partial charge in [0.2, 0.25) is 0 Å². The zero-order valence-corrected chi connectivity index (χ0v) is 10.7. The van der Waals surface area contributed by atoms with Crippen LogP contribution in [0, 0.1) is 5.92 Å². The predicted molar refractivity (Wildman–Crippen MR) is 66.8 cm³/mol. The van der Waals surface area contributed by atoms with E-state index in [1.54, 1.807) is 0 Å². The van der Waals surface area contributed by atoms with Crippen LogP contribution >= 0.6 is 0 Å². The molecule has 4 nitrogen and oxygen atoms in total. The molecule has 4 heteroatoms. The van der Waals surface area contributed by atoms with Crippen LogP contribution < -0.4 is 0 Å². The second-order valence-electron chi connectivity index (χ2n) is 5.04. The molecule has 1 aromatic heterocycles. The summed E-state index contributed by atoms with van der Waals surface area (Å²) >= 11 is 0. The fourth-order valence-electron chi connectivity index (χ4n) is 2.49. The number of aromatic nitrogens is 3. The summed E-state index contributed by atoms with van der Waals surface area (Å²) in [6.45, 7) is 3.42. The highest BCUT2D eigenvalue weighted by Gasteiger charge is 2.21. The molecule has 0 saturated heterocycles. The van der Waals surface area contributed by atoms with Crippen molar-refractivity contribution in [1.29, 1.82) is 0 Å². The lowest BCUT2D eigenvalue weighted by atomic mass is 10.0. The van der Waals surface area contributed by atoms with Crippen molar-refractivity contribution in [2.45, 2.75) is 58.4 Å². The number of unbranched alkanes of at least 4 members (excludes halogenated alkanes) is 3. The third-order valence-corrected chi connectivity index (χ3v) is 3.63. The van der Waals surface area contributed by atoms with E-state index in [0.717, 1.165) is 37.5 Å². The van der Waals surface area contributed by atoms with E-state index in [9.17, 15) is 5.11 Å². The van der Waals surface area contributed by atoms with Crippen molar-refractivity contribution < 1.29 is 5.11 Å². The van der Waals surface area contributed by atoms with Gasteiger partial charge in [-0.25, -0.2) is 0 Å². The van der Waals surface area contributed by atoms with Crippen LogP contribution in [0.5, 0.6) is 0 Å². The number of aliphatic hydroxyl groups excluding tert-OH is 1. The molecule has 17 heavy (non-hydrogen) atoms. The first-order valence-electron chi connectivity index (χ1n) is 6.87. The first-order valence-corrected chi connectivity index (χ1v) is 6.87. The molecule has 1 N–H and O–H groups in total. The Morgan fingerprint density at radius 1 is 1.29 bits per heavy atom. The summed E-state index contributed by atoms with van der Waals surface area (Å²) in [7, 11) is 0. The fraction of sp³-hybridized carbons (Fsp3) is 0.846. The van der Waals surface area contributed by atoms with E-state index in [-0.39, 0.29) is 6.61 Å². The van der Waals surface area contributed by atoms with Gasteiger partial charge in [-0.1, -0.05) is 26.2 Å². The minimum Gasteiger partial charge on any atom is -0.396 e. The maximum atomic E-state index is 9.24. The zero-order valence-electron chi connectivity index (χ0n) is 10.7. The molecule has 0 saturated carbocycles. The molecule has 2 heterocycles. The van der Waals surface area contributed by atoms with Crippen LogP contribution in [-0.2, 0) is 19.4 Å². The normalized spacial score (nSPS) is 19.3. The standard InChI is InChI=1S/C13H23N3O/c1-2-3-4-5-6-12-14-15-13-8-7-11(10-17)9-16(12)13/h11,17H,2-10H2,1H3. The Labute approximate surface area is 103 Å². The quantitative estimate of drug-likeness (QED) is 0.769. The second kappa shape index (κ2) is 6.15. The fourth-order valence-corrected chi connectivity index (χ4v) is 2.49. The molecule has 1 aliphatic rings. The van der Waals surface area contributed by atoms with Gasteiger partial charge in [-0.05, 0) is 12.8 Å². The lowest BCUT2D eigenvalue weighted by molar-refractivity contribution is 0.189. The average Bonchev–Trinajstić information content (AvgIpc) is 2.77. The maximum absolute atomic E-state index is 9.24. The molecule has 0 radical (unpaired) electrons. The molecule has 1 atom stereocenters. The summed E-state index contributed by atoms with van der Waals surface area (Å²) in [4.78, 5) is 0. The minimum atomic E-state index is 0.285. The number of aryl methyl sites for hydroxylation is 2. The number of hydrogen-bond donors (Lipinski definition) is 1. The number of nitrogens with zero attached hydrogens (tertiary/aromatic N) is 3. The Balaban J connectivity index is 1.93. The van der Waals surface area contributed by atoms with E-state index in [1.165, 1.54) is 25.7 Å². The average molecular weight is 237 g/mol. The molecule has 0 fully saturated rings. The summed E-state index contributed by atoms with van der Waals surface area (Å²) < 4.78 is 2.23. The minimum absolute atomic E-state index is 0.285. The van der Waals surface area contributed by atoms with Gasteiger partial charge in [0.05, 0.1) is 0 Å². The maximum Gasteiger partial charge on any atom is 0.133 e. The third-order valence-electron chi connectivity index (χ3n) is 3.63.